The van der Waals surface area contributed by atoms with E-state index in [4.69, 9.17) is 21.1 Å². The molecule has 0 aliphatic heterocycles. The van der Waals surface area contributed by atoms with E-state index in [0.29, 0.717) is 30.7 Å². The van der Waals surface area contributed by atoms with Crippen molar-refractivity contribution in [2.24, 2.45) is 11.8 Å². The Hall–Kier alpha value is -2.89. The van der Waals surface area contributed by atoms with Gasteiger partial charge >= 0.3 is 0 Å². The number of amides is 1. The molecule has 0 spiro atoms. The number of aromatic nitrogens is 3. The number of carbonyl (C=O) groups excluding carboxylic acids is 1. The van der Waals surface area contributed by atoms with Crippen LogP contribution in [0.4, 0.5) is 11.6 Å². The van der Waals surface area contributed by atoms with Crippen LogP contribution in [0.2, 0.25) is 0 Å². The number of ether oxygens (including phenoxy) is 2. The Morgan fingerprint density at radius 1 is 1.28 bits per heavy atom. The number of halogens is 1. The highest BCUT2D eigenvalue weighted by Gasteiger charge is 2.24. The van der Waals surface area contributed by atoms with E-state index in [1.54, 1.807) is 5.38 Å². The molecule has 2 heterocycles. The molecule has 0 saturated carbocycles. The molecule has 196 valence electrons. The summed E-state index contributed by atoms with van der Waals surface area (Å²) in [7, 11) is 1.38. The molecule has 0 saturated heterocycles. The molecule has 1 aliphatic carbocycles. The minimum atomic E-state index is -0.579. The highest BCUT2D eigenvalue weighted by Crippen LogP contribution is 2.36. The highest BCUT2D eigenvalue weighted by atomic mass is 35.5. The summed E-state index contributed by atoms with van der Waals surface area (Å²) in [6, 6.07) is 0.346. The summed E-state index contributed by atoms with van der Waals surface area (Å²) >= 11 is 7.61. The Morgan fingerprint density at radius 2 is 2.03 bits per heavy atom. The molecule has 2 aromatic rings. The Bertz CT molecular complexity index is 1200. The number of hydrogen-bond donors (Lipinski definition) is 4. The van der Waals surface area contributed by atoms with Crippen molar-refractivity contribution in [2.45, 2.75) is 47.1 Å². The summed E-state index contributed by atoms with van der Waals surface area (Å²) in [5.74, 6) is 0.756. The first-order valence-electron chi connectivity index (χ1n) is 11.8. The number of H-pyrrole nitrogens is 1. The van der Waals surface area contributed by atoms with Crippen molar-refractivity contribution in [2.75, 3.05) is 30.8 Å². The molecular formula is C24H33ClN6O4S. The van der Waals surface area contributed by atoms with Gasteiger partial charge in [-0.2, -0.15) is 9.97 Å². The van der Waals surface area contributed by atoms with Crippen LogP contribution in [0.15, 0.2) is 32.6 Å². The minimum Gasteiger partial charge on any atom is -0.479 e. The maximum absolute atomic E-state index is 12.8. The van der Waals surface area contributed by atoms with Crippen LogP contribution in [-0.2, 0) is 0 Å². The molecule has 1 aliphatic rings. The number of thiazole rings is 1. The third-order valence-electron chi connectivity index (χ3n) is 5.41. The third kappa shape index (κ3) is 7.08. The van der Waals surface area contributed by atoms with Crippen molar-refractivity contribution >= 4 is 40.5 Å². The van der Waals surface area contributed by atoms with E-state index in [2.05, 4.69) is 44.7 Å². The molecule has 2 aromatic heterocycles. The van der Waals surface area contributed by atoms with E-state index >= 15 is 0 Å². The average Bonchev–Trinajstić information content (AvgIpc) is 3.28. The molecule has 0 fully saturated rings. The second-order valence-corrected chi connectivity index (χ2v) is 10.3. The van der Waals surface area contributed by atoms with Gasteiger partial charge in [0.25, 0.3) is 16.7 Å². The first-order chi connectivity index (χ1) is 17.1. The largest absolute Gasteiger partial charge is 0.479 e. The molecule has 36 heavy (non-hydrogen) atoms. The summed E-state index contributed by atoms with van der Waals surface area (Å²) in [6.07, 6.45) is 2.64. The zero-order chi connectivity index (χ0) is 26.4. The van der Waals surface area contributed by atoms with Crippen LogP contribution in [0.5, 0.6) is 11.1 Å². The molecule has 1 unspecified atom stereocenters. The van der Waals surface area contributed by atoms with Gasteiger partial charge in [-0.3, -0.25) is 14.6 Å². The predicted molar refractivity (Wildman–Crippen MR) is 143 cm³/mol. The van der Waals surface area contributed by atoms with Gasteiger partial charge in [-0.05, 0) is 24.0 Å². The number of allylic oxidation sites excluding steroid dienone is 4. The molecular weight excluding hydrogens is 504 g/mol. The molecule has 10 nitrogen and oxygen atoms in total. The van der Waals surface area contributed by atoms with Crippen molar-refractivity contribution in [3.63, 3.8) is 0 Å². The van der Waals surface area contributed by atoms with Crippen molar-refractivity contribution in [1.29, 1.82) is 0 Å². The lowest BCUT2D eigenvalue weighted by Gasteiger charge is -2.23. The minimum absolute atomic E-state index is 0.0100. The second-order valence-electron chi connectivity index (χ2n) is 9.06. The number of rotatable bonds is 11. The highest BCUT2D eigenvalue weighted by molar-refractivity contribution is 7.11. The van der Waals surface area contributed by atoms with Crippen LogP contribution in [0, 0.1) is 11.8 Å². The van der Waals surface area contributed by atoms with Gasteiger partial charge < -0.3 is 25.4 Å². The number of nitrogens with one attached hydrogen (secondary N) is 4. The standard InChI is InChI=1S/C24H33ClN6O4S/c1-12(2)15-10-18(14(5)9-16(15)25)35-24-28-17(11-36-24)20(32)29-19-21(33)30-23(31-22(19)34-6)27-8-7-26-13(3)4/h10-14,26H,7-9H2,1-6H3,(H,29,32)(H2,27,30,31,33). The molecule has 1 atom stereocenters. The summed E-state index contributed by atoms with van der Waals surface area (Å²) in [5.41, 5.74) is 0.494. The smallest absolute Gasteiger partial charge is 0.280 e. The van der Waals surface area contributed by atoms with Crippen LogP contribution in [0.25, 0.3) is 0 Å². The third-order valence-corrected chi connectivity index (χ3v) is 6.50. The van der Waals surface area contributed by atoms with E-state index in [1.165, 1.54) is 18.4 Å². The maximum Gasteiger partial charge on any atom is 0.280 e. The number of carbonyl (C=O) groups is 1. The van der Waals surface area contributed by atoms with Crippen LogP contribution < -0.4 is 31.0 Å². The average molecular weight is 537 g/mol. The Labute approximate surface area is 219 Å². The molecule has 3 rings (SSSR count). The molecule has 0 radical (unpaired) electrons. The predicted octanol–water partition coefficient (Wildman–Crippen LogP) is 4.35. The van der Waals surface area contributed by atoms with Crippen molar-refractivity contribution < 1.29 is 14.3 Å². The maximum atomic E-state index is 12.8. The number of hydrogen-bond acceptors (Lipinski definition) is 9. The molecule has 1 amide bonds. The molecule has 12 heteroatoms. The molecule has 0 aromatic carbocycles. The van der Waals surface area contributed by atoms with Crippen LogP contribution in [0.3, 0.4) is 0 Å². The van der Waals surface area contributed by atoms with Gasteiger partial charge in [-0.25, -0.2) is 0 Å². The van der Waals surface area contributed by atoms with Gasteiger partial charge in [0.2, 0.25) is 11.8 Å². The first kappa shape index (κ1) is 27.7. The lowest BCUT2D eigenvalue weighted by Crippen LogP contribution is -2.29. The number of nitrogens with zero attached hydrogens (tertiary/aromatic N) is 2. The van der Waals surface area contributed by atoms with Crippen LogP contribution in [-0.4, -0.2) is 47.1 Å². The normalized spacial score (nSPS) is 15.8. The topological polar surface area (TPSA) is 130 Å². The number of anilines is 2. The Kier molecular flexibility index (Phi) is 9.52. The summed E-state index contributed by atoms with van der Waals surface area (Å²) in [5, 5.41) is 11.6. The van der Waals surface area contributed by atoms with Gasteiger partial charge in [-0.1, -0.05) is 57.6 Å². The first-order valence-corrected chi connectivity index (χ1v) is 13.0. The zero-order valence-corrected chi connectivity index (χ0v) is 22.9. The molecule has 0 bridgehead atoms. The lowest BCUT2D eigenvalue weighted by molar-refractivity contribution is 0.102. The van der Waals surface area contributed by atoms with E-state index < -0.39 is 11.5 Å². The lowest BCUT2D eigenvalue weighted by atomic mass is 9.90. The van der Waals surface area contributed by atoms with Gasteiger partial charge in [0, 0.05) is 35.5 Å². The van der Waals surface area contributed by atoms with Gasteiger partial charge in [0.05, 0.1) is 7.11 Å². The van der Waals surface area contributed by atoms with E-state index in [9.17, 15) is 9.59 Å². The second kappa shape index (κ2) is 12.4. The summed E-state index contributed by atoms with van der Waals surface area (Å²) in [6.45, 7) is 11.5. The Balaban J connectivity index is 1.70. The van der Waals surface area contributed by atoms with Crippen molar-refractivity contribution in [3.8, 4) is 11.1 Å². The van der Waals surface area contributed by atoms with E-state index in [-0.39, 0.29) is 35.0 Å². The summed E-state index contributed by atoms with van der Waals surface area (Å²) < 4.78 is 11.2. The van der Waals surface area contributed by atoms with Gasteiger partial charge in [0.1, 0.15) is 11.5 Å². The monoisotopic (exact) mass is 536 g/mol. The SMILES string of the molecule is COc1nc(NCCNC(C)C)[nH]c(=O)c1NC(=O)c1csc(OC2=CC(C(C)C)=C(Cl)CC2C)n1. The fourth-order valence-electron chi connectivity index (χ4n) is 3.49. The number of aromatic amines is 1. The van der Waals surface area contributed by atoms with Crippen LogP contribution >= 0.6 is 22.9 Å². The Morgan fingerprint density at radius 3 is 2.69 bits per heavy atom. The summed E-state index contributed by atoms with van der Waals surface area (Å²) in [4.78, 5) is 36.6. The van der Waals surface area contributed by atoms with E-state index in [0.717, 1.165) is 16.4 Å². The van der Waals surface area contributed by atoms with E-state index in [1.807, 2.05) is 26.8 Å². The van der Waals surface area contributed by atoms with Crippen LogP contribution in [0.1, 0.15) is 51.5 Å². The number of methoxy groups -OCH3 is 1. The fourth-order valence-corrected chi connectivity index (χ4v) is 4.67. The van der Waals surface area contributed by atoms with Gasteiger partial charge in [0.15, 0.2) is 5.69 Å². The quantitative estimate of drug-likeness (QED) is 0.312. The van der Waals surface area contributed by atoms with Crippen molar-refractivity contribution in [3.05, 3.63) is 43.9 Å². The zero-order valence-electron chi connectivity index (χ0n) is 21.3. The fraction of sp³-hybridized carbons (Fsp3) is 0.500. The molecule has 4 N–H and O–H groups in total. The van der Waals surface area contributed by atoms with Crippen molar-refractivity contribution in [1.82, 2.24) is 20.3 Å². The van der Waals surface area contributed by atoms with Gasteiger partial charge in [-0.15, -0.1) is 0 Å².